The monoisotopic (exact) mass is 208 g/mol. The SMILES string of the molecule is C=C(C)CCCC1=C(C)CC(F)C(C)=C1. The molecule has 1 aliphatic rings. The second-order valence-electron chi connectivity index (χ2n) is 4.68. The number of hydrogen-bond acceptors (Lipinski definition) is 0. The Kier molecular flexibility index (Phi) is 4.31. The van der Waals surface area contributed by atoms with E-state index in [9.17, 15) is 4.39 Å². The zero-order valence-corrected chi connectivity index (χ0v) is 10.1. The van der Waals surface area contributed by atoms with Gasteiger partial charge in [0, 0.05) is 6.42 Å². The third-order valence-corrected chi connectivity index (χ3v) is 2.98. The van der Waals surface area contributed by atoms with Crippen LogP contribution < -0.4 is 0 Å². The Morgan fingerprint density at radius 2 is 2.20 bits per heavy atom. The van der Waals surface area contributed by atoms with E-state index in [-0.39, 0.29) is 0 Å². The van der Waals surface area contributed by atoms with Crippen LogP contribution in [0, 0.1) is 0 Å². The van der Waals surface area contributed by atoms with Gasteiger partial charge in [-0.05, 0) is 51.2 Å². The van der Waals surface area contributed by atoms with E-state index in [4.69, 9.17) is 0 Å². The zero-order chi connectivity index (χ0) is 11.4. The highest BCUT2D eigenvalue weighted by molar-refractivity contribution is 5.34. The Morgan fingerprint density at radius 1 is 1.53 bits per heavy atom. The molecule has 0 fully saturated rings. The van der Waals surface area contributed by atoms with Gasteiger partial charge >= 0.3 is 0 Å². The molecular weight excluding hydrogens is 187 g/mol. The van der Waals surface area contributed by atoms with Gasteiger partial charge in [0.2, 0.25) is 0 Å². The van der Waals surface area contributed by atoms with Crippen molar-refractivity contribution in [2.45, 2.75) is 52.6 Å². The molecule has 0 heterocycles. The van der Waals surface area contributed by atoms with E-state index < -0.39 is 6.17 Å². The van der Waals surface area contributed by atoms with Crippen LogP contribution in [0.4, 0.5) is 4.39 Å². The van der Waals surface area contributed by atoms with Gasteiger partial charge in [-0.25, -0.2) is 4.39 Å². The molecule has 0 saturated heterocycles. The van der Waals surface area contributed by atoms with Gasteiger partial charge in [-0.1, -0.05) is 17.2 Å². The van der Waals surface area contributed by atoms with Gasteiger partial charge in [-0.3, -0.25) is 0 Å². The van der Waals surface area contributed by atoms with Crippen LogP contribution in [0.15, 0.2) is 34.9 Å². The molecule has 0 aromatic rings. The van der Waals surface area contributed by atoms with Gasteiger partial charge in [0.15, 0.2) is 0 Å². The van der Waals surface area contributed by atoms with Crippen LogP contribution >= 0.6 is 0 Å². The summed E-state index contributed by atoms with van der Waals surface area (Å²) in [5.74, 6) is 0. The minimum atomic E-state index is -0.755. The summed E-state index contributed by atoms with van der Waals surface area (Å²) < 4.78 is 13.3. The van der Waals surface area contributed by atoms with Crippen LogP contribution in [0.5, 0.6) is 0 Å². The number of rotatable bonds is 4. The zero-order valence-electron chi connectivity index (χ0n) is 10.1. The van der Waals surface area contributed by atoms with E-state index in [1.165, 1.54) is 16.7 Å². The molecule has 0 bridgehead atoms. The largest absolute Gasteiger partial charge is 0.242 e. The van der Waals surface area contributed by atoms with Crippen LogP contribution in [0.3, 0.4) is 0 Å². The van der Waals surface area contributed by atoms with Crippen LogP contribution in [0.2, 0.25) is 0 Å². The van der Waals surface area contributed by atoms with Crippen molar-refractivity contribution in [1.29, 1.82) is 0 Å². The topological polar surface area (TPSA) is 0 Å². The van der Waals surface area contributed by atoms with Gasteiger partial charge < -0.3 is 0 Å². The first-order chi connectivity index (χ1) is 7.00. The van der Waals surface area contributed by atoms with Crippen molar-refractivity contribution in [3.63, 3.8) is 0 Å². The van der Waals surface area contributed by atoms with Crippen LogP contribution in [-0.4, -0.2) is 6.17 Å². The molecule has 0 spiro atoms. The Bertz CT molecular complexity index is 307. The summed E-state index contributed by atoms with van der Waals surface area (Å²) in [5.41, 5.74) is 4.66. The van der Waals surface area contributed by atoms with Crippen molar-refractivity contribution < 1.29 is 4.39 Å². The van der Waals surface area contributed by atoms with Crippen molar-refractivity contribution >= 4 is 0 Å². The van der Waals surface area contributed by atoms with E-state index in [0.29, 0.717) is 6.42 Å². The smallest absolute Gasteiger partial charge is 0.125 e. The molecule has 1 unspecified atom stereocenters. The maximum Gasteiger partial charge on any atom is 0.125 e. The quantitative estimate of drug-likeness (QED) is 0.585. The van der Waals surface area contributed by atoms with Crippen LogP contribution in [0.1, 0.15) is 46.5 Å². The molecule has 1 heteroatoms. The lowest BCUT2D eigenvalue weighted by Crippen LogP contribution is -2.09. The molecule has 0 saturated carbocycles. The second-order valence-corrected chi connectivity index (χ2v) is 4.68. The molecule has 84 valence electrons. The van der Waals surface area contributed by atoms with Gasteiger partial charge in [0.05, 0.1) is 0 Å². The maximum atomic E-state index is 13.3. The summed E-state index contributed by atoms with van der Waals surface area (Å²) in [4.78, 5) is 0. The summed E-state index contributed by atoms with van der Waals surface area (Å²) in [5, 5.41) is 0. The molecule has 0 amide bonds. The van der Waals surface area contributed by atoms with E-state index in [0.717, 1.165) is 24.8 Å². The molecule has 0 N–H and O–H groups in total. The van der Waals surface area contributed by atoms with Gasteiger partial charge in [-0.15, -0.1) is 6.58 Å². The van der Waals surface area contributed by atoms with E-state index in [2.05, 4.69) is 13.5 Å². The molecule has 1 rings (SSSR count). The Morgan fingerprint density at radius 3 is 2.80 bits per heavy atom. The third-order valence-electron chi connectivity index (χ3n) is 2.98. The van der Waals surface area contributed by atoms with Gasteiger partial charge in [0.25, 0.3) is 0 Å². The van der Waals surface area contributed by atoms with Crippen molar-refractivity contribution in [2.24, 2.45) is 0 Å². The summed E-state index contributed by atoms with van der Waals surface area (Å²) in [6, 6.07) is 0. The van der Waals surface area contributed by atoms with E-state index >= 15 is 0 Å². The average molecular weight is 208 g/mol. The number of hydrogen-bond donors (Lipinski definition) is 0. The van der Waals surface area contributed by atoms with E-state index in [1.807, 2.05) is 19.9 Å². The molecule has 1 atom stereocenters. The lowest BCUT2D eigenvalue weighted by atomic mass is 9.89. The molecule has 0 aromatic carbocycles. The Balaban J connectivity index is 2.54. The third kappa shape index (κ3) is 3.65. The Labute approximate surface area is 92.6 Å². The highest BCUT2D eigenvalue weighted by atomic mass is 19.1. The molecule has 1 aliphatic carbocycles. The first-order valence-corrected chi connectivity index (χ1v) is 5.66. The second kappa shape index (κ2) is 5.29. The lowest BCUT2D eigenvalue weighted by Gasteiger charge is -2.19. The number of alkyl halides is 1. The number of halogens is 1. The maximum absolute atomic E-state index is 13.3. The first-order valence-electron chi connectivity index (χ1n) is 5.66. The molecule has 15 heavy (non-hydrogen) atoms. The number of allylic oxidation sites excluding steroid dienone is 5. The van der Waals surface area contributed by atoms with Crippen molar-refractivity contribution in [3.8, 4) is 0 Å². The van der Waals surface area contributed by atoms with Gasteiger partial charge in [-0.2, -0.15) is 0 Å². The summed E-state index contributed by atoms with van der Waals surface area (Å²) >= 11 is 0. The van der Waals surface area contributed by atoms with Crippen LogP contribution in [0.25, 0.3) is 0 Å². The van der Waals surface area contributed by atoms with Crippen LogP contribution in [-0.2, 0) is 0 Å². The molecule has 0 nitrogen and oxygen atoms in total. The van der Waals surface area contributed by atoms with Crippen molar-refractivity contribution in [2.75, 3.05) is 0 Å². The molecule has 0 radical (unpaired) electrons. The summed E-state index contributed by atoms with van der Waals surface area (Å²) in [6.45, 7) is 9.88. The predicted molar refractivity (Wildman–Crippen MR) is 64.6 cm³/mol. The minimum Gasteiger partial charge on any atom is -0.242 e. The summed E-state index contributed by atoms with van der Waals surface area (Å²) in [6.07, 6.45) is 5.12. The van der Waals surface area contributed by atoms with Crippen molar-refractivity contribution in [3.05, 3.63) is 34.9 Å². The normalized spacial score (nSPS) is 21.6. The predicted octanol–water partition coefficient (Wildman–Crippen LogP) is 4.74. The lowest BCUT2D eigenvalue weighted by molar-refractivity contribution is 0.374. The minimum absolute atomic E-state index is 0.588. The highest BCUT2D eigenvalue weighted by Gasteiger charge is 2.16. The fourth-order valence-corrected chi connectivity index (χ4v) is 1.92. The van der Waals surface area contributed by atoms with Gasteiger partial charge in [0.1, 0.15) is 6.17 Å². The molecule has 0 aliphatic heterocycles. The summed E-state index contributed by atoms with van der Waals surface area (Å²) in [7, 11) is 0. The molecular formula is C14H21F. The Hall–Kier alpha value is -0.850. The average Bonchev–Trinajstić information content (AvgIpc) is 2.13. The van der Waals surface area contributed by atoms with Crippen molar-refractivity contribution in [1.82, 2.24) is 0 Å². The fourth-order valence-electron chi connectivity index (χ4n) is 1.92. The molecule has 0 aromatic heterocycles. The standard InChI is InChI=1S/C14H21F/c1-10(2)6-5-7-13-8-12(4)14(15)9-11(13)3/h8,14H,1,5-7,9H2,2-4H3. The fraction of sp³-hybridized carbons (Fsp3) is 0.571. The first kappa shape index (κ1) is 12.2. The van der Waals surface area contributed by atoms with E-state index in [1.54, 1.807) is 0 Å². The highest BCUT2D eigenvalue weighted by Crippen LogP contribution is 2.29.